The largest absolute Gasteiger partial charge is 0.489 e. The topological polar surface area (TPSA) is 49.7 Å². The maximum absolute atomic E-state index is 8.96. The van der Waals surface area contributed by atoms with E-state index in [1.165, 1.54) is 0 Å². The zero-order valence-corrected chi connectivity index (χ0v) is 10.3. The summed E-state index contributed by atoms with van der Waals surface area (Å²) in [5.74, 6) is 0.741. The highest BCUT2D eigenvalue weighted by Crippen LogP contribution is 2.16. The minimum atomic E-state index is -1.43. The Morgan fingerprint density at radius 3 is 2.11 bits per heavy atom. The SMILES string of the molecule is OB(O)c1ccc(COc2ccc(Cl)cc2)cc1. The van der Waals surface area contributed by atoms with E-state index in [2.05, 4.69) is 0 Å². The molecule has 0 amide bonds. The van der Waals surface area contributed by atoms with Gasteiger partial charge in [-0.25, -0.2) is 0 Å². The fourth-order valence-corrected chi connectivity index (χ4v) is 1.61. The predicted octanol–water partition coefficient (Wildman–Crippen LogP) is 1.60. The van der Waals surface area contributed by atoms with Crippen molar-refractivity contribution in [3.8, 4) is 5.75 Å². The third kappa shape index (κ3) is 3.50. The summed E-state index contributed by atoms with van der Waals surface area (Å²) in [6.45, 7) is 0.420. The molecule has 0 aromatic heterocycles. The maximum atomic E-state index is 8.96. The molecule has 3 nitrogen and oxygen atoms in total. The van der Waals surface area contributed by atoms with E-state index in [4.69, 9.17) is 26.4 Å². The number of hydrogen-bond acceptors (Lipinski definition) is 3. The Morgan fingerprint density at radius 1 is 0.944 bits per heavy atom. The van der Waals surface area contributed by atoms with Gasteiger partial charge < -0.3 is 14.8 Å². The first-order valence-electron chi connectivity index (χ1n) is 5.48. The van der Waals surface area contributed by atoms with Crippen LogP contribution in [0.3, 0.4) is 0 Å². The molecule has 2 aromatic carbocycles. The summed E-state index contributed by atoms with van der Waals surface area (Å²) in [7, 11) is -1.43. The molecule has 0 fully saturated rings. The molecule has 2 rings (SSSR count). The molecule has 0 atom stereocenters. The molecule has 2 aromatic rings. The highest BCUT2D eigenvalue weighted by Gasteiger charge is 2.09. The first-order valence-corrected chi connectivity index (χ1v) is 5.86. The molecule has 2 N–H and O–H groups in total. The molecule has 92 valence electrons. The number of halogens is 1. The quantitative estimate of drug-likeness (QED) is 0.823. The standard InChI is InChI=1S/C13H12BClO3/c15-12-5-7-13(8-6-12)18-9-10-1-3-11(4-2-10)14(16)17/h1-8,16-17H,9H2. The molecule has 0 aliphatic rings. The first kappa shape index (κ1) is 13.0. The van der Waals surface area contributed by atoms with E-state index in [-0.39, 0.29) is 0 Å². The Bertz CT molecular complexity index is 497. The summed E-state index contributed by atoms with van der Waals surface area (Å²) < 4.78 is 5.56. The fourth-order valence-electron chi connectivity index (χ4n) is 1.48. The number of ether oxygens (including phenoxy) is 1. The van der Waals surface area contributed by atoms with Crippen molar-refractivity contribution in [1.82, 2.24) is 0 Å². The van der Waals surface area contributed by atoms with Gasteiger partial charge in [0.25, 0.3) is 0 Å². The smallest absolute Gasteiger partial charge is 0.488 e. The summed E-state index contributed by atoms with van der Waals surface area (Å²) in [6.07, 6.45) is 0. The van der Waals surface area contributed by atoms with Crippen molar-refractivity contribution in [2.75, 3.05) is 0 Å². The van der Waals surface area contributed by atoms with E-state index in [1.54, 1.807) is 48.5 Å². The van der Waals surface area contributed by atoms with E-state index < -0.39 is 7.12 Å². The molecule has 0 aliphatic carbocycles. The van der Waals surface area contributed by atoms with E-state index >= 15 is 0 Å². The lowest BCUT2D eigenvalue weighted by atomic mass is 9.80. The van der Waals surface area contributed by atoms with Crippen molar-refractivity contribution in [2.24, 2.45) is 0 Å². The summed E-state index contributed by atoms with van der Waals surface area (Å²) in [4.78, 5) is 0. The Hall–Kier alpha value is -1.49. The third-order valence-electron chi connectivity index (χ3n) is 2.50. The summed E-state index contributed by atoms with van der Waals surface area (Å²) >= 11 is 5.77. The molecule has 0 spiro atoms. The van der Waals surface area contributed by atoms with Gasteiger partial charge in [-0.1, -0.05) is 35.9 Å². The summed E-state index contributed by atoms with van der Waals surface area (Å²) in [6, 6.07) is 14.0. The van der Waals surface area contributed by atoms with Gasteiger partial charge >= 0.3 is 7.12 Å². The van der Waals surface area contributed by atoms with Gasteiger partial charge in [-0.2, -0.15) is 0 Å². The van der Waals surface area contributed by atoms with Crippen LogP contribution in [0, 0.1) is 0 Å². The van der Waals surface area contributed by atoms with Crippen LogP contribution in [0.2, 0.25) is 5.02 Å². The van der Waals surface area contributed by atoms with E-state index in [9.17, 15) is 0 Å². The van der Waals surface area contributed by atoms with Gasteiger partial charge in [0.2, 0.25) is 0 Å². The molecule has 0 aliphatic heterocycles. The molecule has 0 bridgehead atoms. The summed E-state index contributed by atoms with van der Waals surface area (Å²) in [5.41, 5.74) is 1.42. The second-order valence-electron chi connectivity index (χ2n) is 3.86. The molecular formula is C13H12BClO3. The Kier molecular flexibility index (Phi) is 4.26. The second kappa shape index (κ2) is 5.91. The van der Waals surface area contributed by atoms with Gasteiger partial charge in [0.1, 0.15) is 12.4 Å². The highest BCUT2D eigenvalue weighted by atomic mass is 35.5. The zero-order chi connectivity index (χ0) is 13.0. The van der Waals surface area contributed by atoms with Crippen LogP contribution < -0.4 is 10.2 Å². The average molecular weight is 263 g/mol. The molecule has 0 heterocycles. The van der Waals surface area contributed by atoms with Crippen LogP contribution >= 0.6 is 11.6 Å². The van der Waals surface area contributed by atoms with Gasteiger partial charge in [-0.05, 0) is 35.3 Å². The van der Waals surface area contributed by atoms with Crippen LogP contribution in [0.25, 0.3) is 0 Å². The van der Waals surface area contributed by atoms with Gasteiger partial charge in [0.15, 0.2) is 0 Å². The summed E-state index contributed by atoms with van der Waals surface area (Å²) in [5, 5.41) is 18.6. The van der Waals surface area contributed by atoms with Crippen LogP contribution in [0.15, 0.2) is 48.5 Å². The van der Waals surface area contributed by atoms with Crippen molar-refractivity contribution in [3.05, 3.63) is 59.1 Å². The highest BCUT2D eigenvalue weighted by molar-refractivity contribution is 6.58. The first-order chi connectivity index (χ1) is 8.65. The Morgan fingerprint density at radius 2 is 1.56 bits per heavy atom. The minimum absolute atomic E-state index is 0.420. The molecule has 0 radical (unpaired) electrons. The molecule has 0 unspecified atom stereocenters. The normalized spacial score (nSPS) is 10.2. The van der Waals surface area contributed by atoms with Crippen LogP contribution in [0.5, 0.6) is 5.75 Å². The average Bonchev–Trinajstić information content (AvgIpc) is 2.38. The van der Waals surface area contributed by atoms with Crippen LogP contribution in [-0.4, -0.2) is 17.2 Å². The van der Waals surface area contributed by atoms with Crippen molar-refractivity contribution < 1.29 is 14.8 Å². The zero-order valence-electron chi connectivity index (χ0n) is 9.58. The monoisotopic (exact) mass is 262 g/mol. The van der Waals surface area contributed by atoms with Gasteiger partial charge in [-0.15, -0.1) is 0 Å². The van der Waals surface area contributed by atoms with Gasteiger partial charge in [0.05, 0.1) is 0 Å². The van der Waals surface area contributed by atoms with E-state index in [0.29, 0.717) is 17.1 Å². The lowest BCUT2D eigenvalue weighted by molar-refractivity contribution is 0.306. The lowest BCUT2D eigenvalue weighted by Gasteiger charge is -2.07. The van der Waals surface area contributed by atoms with Crippen molar-refractivity contribution in [3.63, 3.8) is 0 Å². The molecule has 0 saturated heterocycles. The van der Waals surface area contributed by atoms with Gasteiger partial charge in [-0.3, -0.25) is 0 Å². The Balaban J connectivity index is 1.95. The molecule has 0 saturated carbocycles. The lowest BCUT2D eigenvalue weighted by Crippen LogP contribution is -2.29. The number of benzene rings is 2. The maximum Gasteiger partial charge on any atom is 0.488 e. The number of hydrogen-bond donors (Lipinski definition) is 2. The number of rotatable bonds is 4. The van der Waals surface area contributed by atoms with E-state index in [1.807, 2.05) is 0 Å². The van der Waals surface area contributed by atoms with Crippen LogP contribution in [0.1, 0.15) is 5.56 Å². The third-order valence-corrected chi connectivity index (χ3v) is 2.75. The van der Waals surface area contributed by atoms with Crippen LogP contribution in [0.4, 0.5) is 0 Å². The second-order valence-corrected chi connectivity index (χ2v) is 4.29. The van der Waals surface area contributed by atoms with Crippen LogP contribution in [-0.2, 0) is 6.61 Å². The van der Waals surface area contributed by atoms with Gasteiger partial charge in [0, 0.05) is 5.02 Å². The minimum Gasteiger partial charge on any atom is -0.489 e. The predicted molar refractivity (Wildman–Crippen MR) is 72.1 cm³/mol. The fraction of sp³-hybridized carbons (Fsp3) is 0.0769. The van der Waals surface area contributed by atoms with Crippen molar-refractivity contribution in [2.45, 2.75) is 6.61 Å². The molecule has 18 heavy (non-hydrogen) atoms. The van der Waals surface area contributed by atoms with Crippen molar-refractivity contribution in [1.29, 1.82) is 0 Å². The molecule has 5 heteroatoms. The molecular weight excluding hydrogens is 250 g/mol. The van der Waals surface area contributed by atoms with E-state index in [0.717, 1.165) is 11.3 Å². The Labute approximate surface area is 111 Å². The van der Waals surface area contributed by atoms with Crippen molar-refractivity contribution >= 4 is 24.2 Å².